The molecule has 1 heterocycles. The molecule has 0 saturated carbocycles. The molecule has 0 aliphatic carbocycles. The molecule has 0 unspecified atom stereocenters. The van der Waals surface area contributed by atoms with Crippen LogP contribution in [0.25, 0.3) is 0 Å². The second-order valence-electron chi connectivity index (χ2n) is 4.00. The molecule has 18 heavy (non-hydrogen) atoms. The van der Waals surface area contributed by atoms with Crippen molar-refractivity contribution >= 4 is 5.91 Å². The number of carbonyl (C=O) groups excluding carboxylic acids is 1. The highest BCUT2D eigenvalue weighted by molar-refractivity contribution is 5.97. The molecule has 1 aromatic carbocycles. The summed E-state index contributed by atoms with van der Waals surface area (Å²) >= 11 is 0. The topological polar surface area (TPSA) is 62.6 Å². The summed E-state index contributed by atoms with van der Waals surface area (Å²) in [4.78, 5) is 13.7. The Morgan fingerprint density at radius 3 is 2.61 bits per heavy atom. The van der Waals surface area contributed by atoms with Gasteiger partial charge in [-0.15, -0.1) is 0 Å². The summed E-state index contributed by atoms with van der Waals surface area (Å²) < 4.78 is 10.4. The smallest absolute Gasteiger partial charge is 0.255 e. The molecule has 0 saturated heterocycles. The minimum atomic E-state index is -0.126. The SMILES string of the molecule is COc1cc2c(cc1OC)C(=O)N(CC#N)CC2. The standard InChI is InChI=1S/C13H14N2O3/c1-17-11-7-9-3-5-15(6-4-14)13(16)10(9)8-12(11)18-2/h7-8H,3,5-6H2,1-2H3. The highest BCUT2D eigenvalue weighted by Gasteiger charge is 2.26. The van der Waals surface area contributed by atoms with Crippen LogP contribution < -0.4 is 9.47 Å². The van der Waals surface area contributed by atoms with Gasteiger partial charge in [-0.05, 0) is 24.1 Å². The lowest BCUT2D eigenvalue weighted by Gasteiger charge is -2.27. The van der Waals surface area contributed by atoms with Crippen molar-refractivity contribution in [2.24, 2.45) is 0 Å². The minimum Gasteiger partial charge on any atom is -0.493 e. The van der Waals surface area contributed by atoms with Crippen LogP contribution in [0.5, 0.6) is 11.5 Å². The van der Waals surface area contributed by atoms with Crippen molar-refractivity contribution in [2.45, 2.75) is 6.42 Å². The molecule has 0 aromatic heterocycles. The average molecular weight is 246 g/mol. The van der Waals surface area contributed by atoms with Gasteiger partial charge in [-0.1, -0.05) is 0 Å². The van der Waals surface area contributed by atoms with Gasteiger partial charge in [0.1, 0.15) is 6.54 Å². The van der Waals surface area contributed by atoms with Gasteiger partial charge in [-0.3, -0.25) is 4.79 Å². The van der Waals surface area contributed by atoms with E-state index < -0.39 is 0 Å². The van der Waals surface area contributed by atoms with Crippen LogP contribution in [-0.2, 0) is 6.42 Å². The highest BCUT2D eigenvalue weighted by Crippen LogP contribution is 2.33. The van der Waals surface area contributed by atoms with Gasteiger partial charge in [-0.25, -0.2) is 0 Å². The van der Waals surface area contributed by atoms with E-state index in [1.165, 1.54) is 12.0 Å². The van der Waals surface area contributed by atoms with Crippen molar-refractivity contribution < 1.29 is 14.3 Å². The lowest BCUT2D eigenvalue weighted by Crippen LogP contribution is -2.37. The first-order valence-corrected chi connectivity index (χ1v) is 5.62. The second-order valence-corrected chi connectivity index (χ2v) is 4.00. The third-order valence-electron chi connectivity index (χ3n) is 3.04. The molecule has 0 atom stereocenters. The molecule has 0 bridgehead atoms. The third kappa shape index (κ3) is 1.97. The molecule has 0 radical (unpaired) electrons. The fourth-order valence-corrected chi connectivity index (χ4v) is 2.09. The first kappa shape index (κ1) is 12.2. The summed E-state index contributed by atoms with van der Waals surface area (Å²) in [7, 11) is 3.10. The average Bonchev–Trinajstić information content (AvgIpc) is 2.41. The number of ether oxygens (including phenoxy) is 2. The summed E-state index contributed by atoms with van der Waals surface area (Å²) in [5.41, 5.74) is 1.53. The van der Waals surface area contributed by atoms with E-state index in [1.807, 2.05) is 12.1 Å². The molecule has 1 amide bonds. The van der Waals surface area contributed by atoms with Crippen molar-refractivity contribution in [2.75, 3.05) is 27.3 Å². The monoisotopic (exact) mass is 246 g/mol. The van der Waals surface area contributed by atoms with Crippen LogP contribution in [0.15, 0.2) is 12.1 Å². The van der Waals surface area contributed by atoms with Crippen LogP contribution in [0.1, 0.15) is 15.9 Å². The first-order chi connectivity index (χ1) is 8.71. The molecule has 1 aliphatic rings. The predicted octanol–water partition coefficient (Wildman–Crippen LogP) is 1.23. The second kappa shape index (κ2) is 4.96. The summed E-state index contributed by atoms with van der Waals surface area (Å²) in [5.74, 6) is 1.03. The first-order valence-electron chi connectivity index (χ1n) is 5.62. The van der Waals surface area contributed by atoms with Gasteiger partial charge in [0.05, 0.1) is 20.3 Å². The van der Waals surface area contributed by atoms with E-state index in [0.29, 0.717) is 23.6 Å². The fourth-order valence-electron chi connectivity index (χ4n) is 2.09. The summed E-state index contributed by atoms with van der Waals surface area (Å²) in [6, 6.07) is 5.51. The molecular weight excluding hydrogens is 232 g/mol. The van der Waals surface area contributed by atoms with Crippen molar-refractivity contribution in [3.63, 3.8) is 0 Å². The number of rotatable bonds is 3. The van der Waals surface area contributed by atoms with Gasteiger partial charge in [0.15, 0.2) is 11.5 Å². The van der Waals surface area contributed by atoms with Gasteiger partial charge in [-0.2, -0.15) is 5.26 Å². The van der Waals surface area contributed by atoms with Crippen LogP contribution in [0.2, 0.25) is 0 Å². The van der Waals surface area contributed by atoms with Crippen LogP contribution in [-0.4, -0.2) is 38.1 Å². The molecule has 1 aromatic rings. The molecule has 0 fully saturated rings. The van der Waals surface area contributed by atoms with Gasteiger partial charge in [0.25, 0.3) is 5.91 Å². The molecule has 0 spiro atoms. The number of methoxy groups -OCH3 is 2. The Bertz CT molecular complexity index is 520. The summed E-state index contributed by atoms with van der Waals surface area (Å²) in [6.45, 7) is 0.682. The number of nitriles is 1. The normalized spacial score (nSPS) is 13.8. The minimum absolute atomic E-state index is 0.118. The van der Waals surface area contributed by atoms with Gasteiger partial charge in [0, 0.05) is 12.1 Å². The van der Waals surface area contributed by atoms with Crippen LogP contribution in [0.4, 0.5) is 0 Å². The van der Waals surface area contributed by atoms with E-state index >= 15 is 0 Å². The Hall–Kier alpha value is -2.22. The molecule has 5 heteroatoms. The van der Waals surface area contributed by atoms with Crippen LogP contribution in [0, 0.1) is 11.3 Å². The van der Waals surface area contributed by atoms with E-state index in [9.17, 15) is 4.79 Å². The Kier molecular flexibility index (Phi) is 3.38. The maximum atomic E-state index is 12.2. The Labute approximate surface area is 106 Å². The maximum Gasteiger partial charge on any atom is 0.255 e. The van der Waals surface area contributed by atoms with E-state index in [-0.39, 0.29) is 12.5 Å². The van der Waals surface area contributed by atoms with E-state index in [0.717, 1.165) is 12.0 Å². The zero-order chi connectivity index (χ0) is 13.1. The van der Waals surface area contributed by atoms with Crippen LogP contribution in [0.3, 0.4) is 0 Å². The van der Waals surface area contributed by atoms with E-state index in [2.05, 4.69) is 0 Å². The van der Waals surface area contributed by atoms with Crippen molar-refractivity contribution in [3.8, 4) is 17.6 Å². The molecule has 0 N–H and O–H groups in total. The maximum absolute atomic E-state index is 12.2. The van der Waals surface area contributed by atoms with Gasteiger partial charge >= 0.3 is 0 Å². The van der Waals surface area contributed by atoms with Crippen molar-refractivity contribution in [1.29, 1.82) is 5.26 Å². The number of nitrogens with zero attached hydrogens (tertiary/aromatic N) is 2. The predicted molar refractivity (Wildman–Crippen MR) is 64.8 cm³/mol. The number of hydrogen-bond acceptors (Lipinski definition) is 4. The Morgan fingerprint density at radius 2 is 2.00 bits per heavy atom. The lowest BCUT2D eigenvalue weighted by atomic mass is 9.98. The van der Waals surface area contributed by atoms with Crippen molar-refractivity contribution in [3.05, 3.63) is 23.3 Å². The zero-order valence-electron chi connectivity index (χ0n) is 10.4. The lowest BCUT2D eigenvalue weighted by molar-refractivity contribution is 0.0760. The van der Waals surface area contributed by atoms with Crippen molar-refractivity contribution in [1.82, 2.24) is 4.90 Å². The van der Waals surface area contributed by atoms with Gasteiger partial charge < -0.3 is 14.4 Å². The molecule has 1 aliphatic heterocycles. The summed E-state index contributed by atoms with van der Waals surface area (Å²) in [5, 5.41) is 8.68. The Balaban J connectivity index is 2.43. The number of hydrogen-bond donors (Lipinski definition) is 0. The quantitative estimate of drug-likeness (QED) is 0.752. The number of amides is 1. The van der Waals surface area contributed by atoms with Crippen LogP contribution >= 0.6 is 0 Å². The summed E-state index contributed by atoms with van der Waals surface area (Å²) in [6.07, 6.45) is 0.725. The molecule has 94 valence electrons. The molecule has 5 nitrogen and oxygen atoms in total. The largest absolute Gasteiger partial charge is 0.493 e. The van der Waals surface area contributed by atoms with Gasteiger partial charge in [0.2, 0.25) is 0 Å². The van der Waals surface area contributed by atoms with E-state index in [1.54, 1.807) is 13.2 Å². The Morgan fingerprint density at radius 1 is 1.33 bits per heavy atom. The highest BCUT2D eigenvalue weighted by atomic mass is 16.5. The van der Waals surface area contributed by atoms with E-state index in [4.69, 9.17) is 14.7 Å². The third-order valence-corrected chi connectivity index (χ3v) is 3.04. The number of fused-ring (bicyclic) bond motifs is 1. The molecule has 2 rings (SSSR count). The number of benzene rings is 1. The fraction of sp³-hybridized carbons (Fsp3) is 0.385. The number of carbonyl (C=O) groups is 1. The molecular formula is C13H14N2O3. The zero-order valence-corrected chi connectivity index (χ0v) is 10.4.